The highest BCUT2D eigenvalue weighted by Gasteiger charge is 2.25. The van der Waals surface area contributed by atoms with E-state index in [1.165, 1.54) is 49.0 Å². The molecule has 102 valence electrons. The van der Waals surface area contributed by atoms with Crippen LogP contribution >= 0.6 is 11.3 Å². The van der Waals surface area contributed by atoms with Gasteiger partial charge in [0.1, 0.15) is 0 Å². The molecule has 2 heteroatoms. The zero-order chi connectivity index (χ0) is 13.0. The minimum absolute atomic E-state index is 0.604. The lowest BCUT2D eigenvalue weighted by Crippen LogP contribution is -2.28. The quantitative estimate of drug-likeness (QED) is 0.757. The molecule has 1 aromatic rings. The van der Waals surface area contributed by atoms with Crippen LogP contribution in [0.3, 0.4) is 0 Å². The molecule has 0 aliphatic heterocycles. The molecule has 18 heavy (non-hydrogen) atoms. The second-order valence-electron chi connectivity index (χ2n) is 5.69. The van der Waals surface area contributed by atoms with Gasteiger partial charge in [-0.05, 0) is 50.8 Å². The van der Waals surface area contributed by atoms with Gasteiger partial charge in [0.05, 0.1) is 0 Å². The molecular weight excluding hydrogens is 238 g/mol. The summed E-state index contributed by atoms with van der Waals surface area (Å²) in [5.41, 5.74) is 1.49. The SMILES string of the molecule is CCNC(c1sc(C)cc1C)C1CCCCCC1. The van der Waals surface area contributed by atoms with Crippen molar-refractivity contribution in [3.05, 3.63) is 21.4 Å². The Labute approximate surface area is 116 Å². The number of nitrogens with one attached hydrogen (secondary N) is 1. The molecule has 1 aliphatic carbocycles. The van der Waals surface area contributed by atoms with Crippen LogP contribution in [0.5, 0.6) is 0 Å². The third-order valence-electron chi connectivity index (χ3n) is 4.16. The smallest absolute Gasteiger partial charge is 0.0446 e. The number of aryl methyl sites for hydroxylation is 2. The van der Waals surface area contributed by atoms with Crippen LogP contribution in [-0.4, -0.2) is 6.54 Å². The van der Waals surface area contributed by atoms with Crippen LogP contribution in [0.4, 0.5) is 0 Å². The molecule has 0 radical (unpaired) electrons. The van der Waals surface area contributed by atoms with Crippen molar-refractivity contribution in [2.45, 2.75) is 65.3 Å². The lowest BCUT2D eigenvalue weighted by atomic mass is 9.89. The van der Waals surface area contributed by atoms with Gasteiger partial charge in [-0.2, -0.15) is 0 Å². The van der Waals surface area contributed by atoms with Crippen molar-refractivity contribution in [3.63, 3.8) is 0 Å². The molecule has 0 saturated heterocycles. The van der Waals surface area contributed by atoms with Crippen molar-refractivity contribution in [2.24, 2.45) is 5.92 Å². The summed E-state index contributed by atoms with van der Waals surface area (Å²) in [5, 5.41) is 3.76. The molecule has 1 unspecified atom stereocenters. The average molecular weight is 265 g/mol. The van der Waals surface area contributed by atoms with Gasteiger partial charge in [-0.25, -0.2) is 0 Å². The molecule has 1 heterocycles. The molecule has 1 aliphatic rings. The van der Waals surface area contributed by atoms with Crippen LogP contribution in [0.2, 0.25) is 0 Å². The van der Waals surface area contributed by atoms with E-state index in [-0.39, 0.29) is 0 Å². The maximum Gasteiger partial charge on any atom is 0.0446 e. The zero-order valence-corrected chi connectivity index (χ0v) is 12.9. The first-order valence-electron chi connectivity index (χ1n) is 7.52. The molecule has 1 N–H and O–H groups in total. The second-order valence-corrected chi connectivity index (χ2v) is 6.98. The highest BCUT2D eigenvalue weighted by molar-refractivity contribution is 7.12. The first kappa shape index (κ1) is 14.1. The topological polar surface area (TPSA) is 12.0 Å². The average Bonchev–Trinajstić information content (AvgIpc) is 2.58. The number of hydrogen-bond acceptors (Lipinski definition) is 2. The molecule has 1 fully saturated rings. The Morgan fingerprint density at radius 2 is 1.89 bits per heavy atom. The van der Waals surface area contributed by atoms with Crippen molar-refractivity contribution in [2.75, 3.05) is 6.54 Å². The van der Waals surface area contributed by atoms with Crippen molar-refractivity contribution >= 4 is 11.3 Å². The maximum absolute atomic E-state index is 3.76. The van der Waals surface area contributed by atoms with Crippen LogP contribution in [0.1, 0.15) is 66.8 Å². The fourth-order valence-electron chi connectivity index (χ4n) is 3.31. The van der Waals surface area contributed by atoms with E-state index in [0.29, 0.717) is 6.04 Å². The minimum Gasteiger partial charge on any atom is -0.309 e. The molecule has 0 amide bonds. The minimum atomic E-state index is 0.604. The Balaban J connectivity index is 2.18. The van der Waals surface area contributed by atoms with Gasteiger partial charge in [-0.3, -0.25) is 0 Å². The summed E-state index contributed by atoms with van der Waals surface area (Å²) in [6, 6.07) is 2.95. The first-order chi connectivity index (χ1) is 8.72. The summed E-state index contributed by atoms with van der Waals surface area (Å²) >= 11 is 2.00. The Kier molecular flexibility index (Phi) is 5.25. The fraction of sp³-hybridized carbons (Fsp3) is 0.750. The summed E-state index contributed by atoms with van der Waals surface area (Å²) < 4.78 is 0. The van der Waals surface area contributed by atoms with Crippen LogP contribution in [-0.2, 0) is 0 Å². The predicted molar refractivity (Wildman–Crippen MR) is 81.4 cm³/mol. The predicted octanol–water partition coefficient (Wildman–Crippen LogP) is 4.99. The lowest BCUT2D eigenvalue weighted by molar-refractivity contribution is 0.333. The van der Waals surface area contributed by atoms with Crippen LogP contribution in [0, 0.1) is 19.8 Å². The summed E-state index contributed by atoms with van der Waals surface area (Å²) in [4.78, 5) is 3.06. The Hall–Kier alpha value is -0.340. The Bertz CT molecular complexity index is 361. The van der Waals surface area contributed by atoms with Gasteiger partial charge in [0, 0.05) is 15.8 Å². The van der Waals surface area contributed by atoms with Gasteiger partial charge >= 0.3 is 0 Å². The Morgan fingerprint density at radius 3 is 2.39 bits per heavy atom. The summed E-state index contributed by atoms with van der Waals surface area (Å²) in [7, 11) is 0. The van der Waals surface area contributed by atoms with E-state index in [1.807, 2.05) is 11.3 Å². The Morgan fingerprint density at radius 1 is 1.22 bits per heavy atom. The third kappa shape index (κ3) is 3.36. The molecule has 2 rings (SSSR count). The number of hydrogen-bond donors (Lipinski definition) is 1. The molecule has 0 spiro atoms. The summed E-state index contributed by atoms with van der Waals surface area (Å²) in [5.74, 6) is 0.851. The highest BCUT2D eigenvalue weighted by atomic mass is 32.1. The van der Waals surface area contributed by atoms with Gasteiger partial charge in [0.2, 0.25) is 0 Å². The van der Waals surface area contributed by atoms with E-state index in [2.05, 4.69) is 32.2 Å². The van der Waals surface area contributed by atoms with E-state index in [1.54, 1.807) is 4.88 Å². The fourth-order valence-corrected chi connectivity index (χ4v) is 4.51. The molecule has 0 bridgehead atoms. The van der Waals surface area contributed by atoms with Crippen LogP contribution in [0.15, 0.2) is 6.07 Å². The van der Waals surface area contributed by atoms with Crippen molar-refractivity contribution < 1.29 is 0 Å². The van der Waals surface area contributed by atoms with Crippen LogP contribution in [0.25, 0.3) is 0 Å². The van der Waals surface area contributed by atoms with Crippen LogP contribution < -0.4 is 5.32 Å². The third-order valence-corrected chi connectivity index (χ3v) is 5.39. The van der Waals surface area contributed by atoms with E-state index in [4.69, 9.17) is 0 Å². The van der Waals surface area contributed by atoms with Gasteiger partial charge in [-0.1, -0.05) is 32.6 Å². The molecule has 1 aromatic heterocycles. The van der Waals surface area contributed by atoms with E-state index >= 15 is 0 Å². The molecule has 0 aromatic carbocycles. The monoisotopic (exact) mass is 265 g/mol. The number of rotatable bonds is 4. The highest BCUT2D eigenvalue weighted by Crippen LogP contribution is 2.38. The van der Waals surface area contributed by atoms with E-state index < -0.39 is 0 Å². The lowest BCUT2D eigenvalue weighted by Gasteiger charge is -2.27. The van der Waals surface area contributed by atoms with Gasteiger partial charge in [0.25, 0.3) is 0 Å². The van der Waals surface area contributed by atoms with Crippen molar-refractivity contribution in [1.82, 2.24) is 5.32 Å². The van der Waals surface area contributed by atoms with Gasteiger partial charge in [-0.15, -0.1) is 11.3 Å². The van der Waals surface area contributed by atoms with Crippen molar-refractivity contribution in [1.29, 1.82) is 0 Å². The number of thiophene rings is 1. The normalized spacial score (nSPS) is 19.7. The van der Waals surface area contributed by atoms with Crippen molar-refractivity contribution in [3.8, 4) is 0 Å². The van der Waals surface area contributed by atoms with Gasteiger partial charge in [0.15, 0.2) is 0 Å². The molecule has 1 nitrogen and oxygen atoms in total. The molecular formula is C16H27NS. The van der Waals surface area contributed by atoms with E-state index in [9.17, 15) is 0 Å². The largest absolute Gasteiger partial charge is 0.309 e. The first-order valence-corrected chi connectivity index (χ1v) is 8.34. The van der Waals surface area contributed by atoms with Gasteiger partial charge < -0.3 is 5.32 Å². The summed E-state index contributed by atoms with van der Waals surface area (Å²) in [6.45, 7) is 7.83. The van der Waals surface area contributed by atoms with E-state index in [0.717, 1.165) is 12.5 Å². The molecule has 1 saturated carbocycles. The molecule has 1 atom stereocenters. The summed E-state index contributed by atoms with van der Waals surface area (Å²) in [6.07, 6.45) is 8.56. The zero-order valence-electron chi connectivity index (χ0n) is 12.1. The second kappa shape index (κ2) is 6.72. The maximum atomic E-state index is 3.76. The standard InChI is InChI=1S/C16H27NS/c1-4-17-15(14-9-7-5-6-8-10-14)16-12(2)11-13(3)18-16/h11,14-15,17H,4-10H2,1-3H3.